The van der Waals surface area contributed by atoms with Gasteiger partial charge in [-0.25, -0.2) is 0 Å². The lowest BCUT2D eigenvalue weighted by Gasteiger charge is -2.32. The highest BCUT2D eigenvalue weighted by Gasteiger charge is 2.35. The molecule has 27 heavy (non-hydrogen) atoms. The van der Waals surface area contributed by atoms with Gasteiger partial charge in [0.1, 0.15) is 0 Å². The molecule has 0 saturated carbocycles. The Labute approximate surface area is 161 Å². The Hall–Kier alpha value is -2.50. The van der Waals surface area contributed by atoms with E-state index < -0.39 is 0 Å². The molecule has 5 nitrogen and oxygen atoms in total. The molecule has 0 radical (unpaired) electrons. The normalized spacial score (nSPS) is 20.7. The Kier molecular flexibility index (Phi) is 3.88. The third-order valence-corrected chi connectivity index (χ3v) is 5.82. The highest BCUT2D eigenvalue weighted by atomic mass is 35.5. The molecule has 0 fully saturated rings. The molecule has 5 rings (SSSR count). The number of hydrogen-bond donors (Lipinski definition) is 1. The van der Waals surface area contributed by atoms with Crippen LogP contribution in [0.25, 0.3) is 10.9 Å². The van der Waals surface area contributed by atoms with Gasteiger partial charge in [-0.15, -0.1) is 11.6 Å². The number of para-hydroxylation sites is 1. The summed E-state index contributed by atoms with van der Waals surface area (Å²) in [6, 6.07) is 13.8. The van der Waals surface area contributed by atoms with Crippen molar-refractivity contribution in [2.45, 2.75) is 18.5 Å². The van der Waals surface area contributed by atoms with Crippen molar-refractivity contribution in [1.29, 1.82) is 0 Å². The number of ketones is 1. The third-order valence-electron chi connectivity index (χ3n) is 5.56. The predicted octanol–water partition coefficient (Wildman–Crippen LogP) is 3.32. The number of nitrogens with zero attached hydrogens (tertiary/aromatic N) is 1. The number of nitrogens with one attached hydrogen (secondary N) is 1. The van der Waals surface area contributed by atoms with Crippen molar-refractivity contribution in [3.8, 4) is 11.5 Å². The number of alkyl halides is 1. The second-order valence-corrected chi connectivity index (χ2v) is 7.28. The molecule has 1 aromatic heterocycles. The molecular weight excluding hydrogens is 364 g/mol. The zero-order valence-corrected chi connectivity index (χ0v) is 15.6. The average Bonchev–Trinajstić information content (AvgIpc) is 3.29. The first-order valence-corrected chi connectivity index (χ1v) is 9.51. The summed E-state index contributed by atoms with van der Waals surface area (Å²) in [7, 11) is 2.08. The van der Waals surface area contributed by atoms with E-state index in [1.54, 1.807) is 0 Å². The van der Waals surface area contributed by atoms with Crippen LogP contribution in [0.3, 0.4) is 0 Å². The summed E-state index contributed by atoms with van der Waals surface area (Å²) in [5.74, 6) is 1.51. The lowest BCUT2D eigenvalue weighted by Crippen LogP contribution is -2.46. The Balaban J connectivity index is 1.70. The number of ether oxygens (including phenoxy) is 2. The van der Waals surface area contributed by atoms with Crippen molar-refractivity contribution in [1.82, 2.24) is 9.88 Å². The van der Waals surface area contributed by atoms with E-state index in [0.717, 1.165) is 22.6 Å². The van der Waals surface area contributed by atoms with E-state index in [-0.39, 0.29) is 30.5 Å². The van der Waals surface area contributed by atoms with Crippen LogP contribution < -0.4 is 14.8 Å². The van der Waals surface area contributed by atoms with Gasteiger partial charge in [0.15, 0.2) is 17.3 Å². The van der Waals surface area contributed by atoms with Crippen molar-refractivity contribution < 1.29 is 14.3 Å². The zero-order chi connectivity index (χ0) is 18.5. The van der Waals surface area contributed by atoms with Crippen LogP contribution in [0.1, 0.15) is 22.9 Å². The molecule has 0 bridgehead atoms. The molecule has 0 aliphatic carbocycles. The lowest BCUT2D eigenvalue weighted by atomic mass is 9.89. The summed E-state index contributed by atoms with van der Waals surface area (Å²) in [4.78, 5) is 12.4. The fraction of sp³-hybridized carbons (Fsp3) is 0.286. The van der Waals surface area contributed by atoms with Gasteiger partial charge in [0, 0.05) is 23.6 Å². The van der Waals surface area contributed by atoms with E-state index in [2.05, 4.69) is 29.1 Å². The molecule has 0 amide bonds. The Morgan fingerprint density at radius 2 is 2.04 bits per heavy atom. The summed E-state index contributed by atoms with van der Waals surface area (Å²) in [5.41, 5.74) is 4.58. The summed E-state index contributed by atoms with van der Waals surface area (Å²) in [5, 5.41) is 4.71. The Bertz CT molecular complexity index is 1060. The maximum Gasteiger partial charge on any atom is 0.231 e. The van der Waals surface area contributed by atoms with Gasteiger partial charge in [-0.2, -0.15) is 0 Å². The molecule has 6 heteroatoms. The van der Waals surface area contributed by atoms with Gasteiger partial charge in [-0.05, 0) is 35.7 Å². The van der Waals surface area contributed by atoms with E-state index >= 15 is 0 Å². The average molecular weight is 383 g/mol. The number of carbonyl (C=O) groups is 1. The van der Waals surface area contributed by atoms with Crippen LogP contribution in [0.5, 0.6) is 11.5 Å². The van der Waals surface area contributed by atoms with Gasteiger partial charge in [-0.1, -0.05) is 24.3 Å². The summed E-state index contributed by atoms with van der Waals surface area (Å²) < 4.78 is 13.2. The van der Waals surface area contributed by atoms with E-state index in [4.69, 9.17) is 21.1 Å². The van der Waals surface area contributed by atoms with Crippen LogP contribution in [-0.2, 0) is 18.3 Å². The topological polar surface area (TPSA) is 52.5 Å². The number of hydrogen-bond acceptors (Lipinski definition) is 4. The molecule has 1 N–H and O–H groups in total. The Morgan fingerprint density at radius 1 is 1.22 bits per heavy atom. The first-order valence-electron chi connectivity index (χ1n) is 8.98. The van der Waals surface area contributed by atoms with Gasteiger partial charge < -0.3 is 14.0 Å². The maximum atomic E-state index is 12.4. The van der Waals surface area contributed by atoms with Gasteiger partial charge in [-0.3, -0.25) is 10.1 Å². The number of aryl methyl sites for hydroxylation is 1. The lowest BCUT2D eigenvalue weighted by molar-refractivity contribution is -0.118. The molecule has 2 atom stereocenters. The number of halogens is 1. The van der Waals surface area contributed by atoms with E-state index in [1.807, 2.05) is 30.3 Å². The standard InChI is InChI=1S/C21H19ClN2O3/c1-24-16-5-3-2-4-13(16)14-9-15(17(25)10-22)23-20(21(14)24)12-6-7-18-19(8-12)27-11-26-18/h2-8,15,20,23H,9-11H2,1H3/t15-,20-/m1/s1. The molecule has 2 aliphatic heterocycles. The van der Waals surface area contributed by atoms with Crippen molar-refractivity contribution in [3.63, 3.8) is 0 Å². The number of carbonyl (C=O) groups excluding carboxylic acids is 1. The van der Waals surface area contributed by atoms with Gasteiger partial charge in [0.05, 0.1) is 18.0 Å². The van der Waals surface area contributed by atoms with Gasteiger partial charge >= 0.3 is 0 Å². The van der Waals surface area contributed by atoms with E-state index in [9.17, 15) is 4.79 Å². The molecule has 0 spiro atoms. The summed E-state index contributed by atoms with van der Waals surface area (Å²) >= 11 is 5.88. The van der Waals surface area contributed by atoms with Crippen LogP contribution in [0.2, 0.25) is 0 Å². The molecule has 2 aliphatic rings. The number of fused-ring (bicyclic) bond motifs is 4. The SMILES string of the molecule is Cn1c2c(c3ccccc31)C[C@H](C(=O)CCl)N[C@@H]2c1ccc2c(c1)OCO2. The second-order valence-electron chi connectivity index (χ2n) is 7.01. The van der Waals surface area contributed by atoms with Crippen LogP contribution in [-0.4, -0.2) is 29.1 Å². The second kappa shape index (κ2) is 6.29. The fourth-order valence-corrected chi connectivity index (χ4v) is 4.45. The molecule has 3 heterocycles. The number of aromatic nitrogens is 1. The van der Waals surface area contributed by atoms with E-state index in [1.165, 1.54) is 16.6 Å². The van der Waals surface area contributed by atoms with Crippen LogP contribution in [0.15, 0.2) is 42.5 Å². The summed E-state index contributed by atoms with van der Waals surface area (Å²) in [6.45, 7) is 0.240. The monoisotopic (exact) mass is 382 g/mol. The van der Waals surface area contributed by atoms with Gasteiger partial charge in [0.2, 0.25) is 6.79 Å². The minimum Gasteiger partial charge on any atom is -0.454 e. The molecule has 2 aromatic carbocycles. The highest BCUT2D eigenvalue weighted by molar-refractivity contribution is 6.28. The van der Waals surface area contributed by atoms with Crippen molar-refractivity contribution in [2.24, 2.45) is 7.05 Å². The zero-order valence-electron chi connectivity index (χ0n) is 14.9. The number of rotatable bonds is 3. The molecule has 3 aromatic rings. The van der Waals surface area contributed by atoms with Crippen LogP contribution in [0.4, 0.5) is 0 Å². The quantitative estimate of drug-likeness (QED) is 0.706. The van der Waals surface area contributed by atoms with Crippen molar-refractivity contribution >= 4 is 28.3 Å². The van der Waals surface area contributed by atoms with Crippen molar-refractivity contribution in [2.75, 3.05) is 12.7 Å². The molecule has 0 saturated heterocycles. The largest absolute Gasteiger partial charge is 0.454 e. The van der Waals surface area contributed by atoms with E-state index in [0.29, 0.717) is 6.42 Å². The first-order chi connectivity index (χ1) is 13.2. The summed E-state index contributed by atoms with van der Waals surface area (Å²) in [6.07, 6.45) is 0.642. The van der Waals surface area contributed by atoms with Gasteiger partial charge in [0.25, 0.3) is 0 Å². The molecular formula is C21H19ClN2O3. The predicted molar refractivity (Wildman–Crippen MR) is 104 cm³/mol. The number of benzene rings is 2. The van der Waals surface area contributed by atoms with Crippen LogP contribution >= 0.6 is 11.6 Å². The number of Topliss-reactive ketones (excluding diaryl/α,β-unsaturated/α-hetero) is 1. The fourth-order valence-electron chi connectivity index (χ4n) is 4.26. The van der Waals surface area contributed by atoms with Crippen molar-refractivity contribution in [3.05, 3.63) is 59.3 Å². The third kappa shape index (κ3) is 2.53. The molecule has 138 valence electrons. The highest BCUT2D eigenvalue weighted by Crippen LogP contribution is 2.40. The minimum absolute atomic E-state index is 0.00558. The molecule has 0 unspecified atom stereocenters. The smallest absolute Gasteiger partial charge is 0.231 e. The Morgan fingerprint density at radius 3 is 2.89 bits per heavy atom. The first kappa shape index (κ1) is 16.7. The minimum atomic E-state index is -0.309. The maximum absolute atomic E-state index is 12.4. The van der Waals surface area contributed by atoms with Crippen LogP contribution in [0, 0.1) is 0 Å².